The molecule has 0 aliphatic rings. The number of benzene rings is 2. The fraction of sp³-hybridized carbons (Fsp3) is 0.176. The molecule has 0 aliphatic heterocycles. The van der Waals surface area contributed by atoms with Crippen LogP contribution in [0.4, 0.5) is 16.2 Å². The molecule has 0 saturated carbocycles. The predicted octanol–water partition coefficient (Wildman–Crippen LogP) is 3.23. The number of hydrogen-bond donors (Lipinski definition) is 3. The molecule has 8 heteroatoms. The molecule has 0 spiro atoms. The van der Waals surface area contributed by atoms with Gasteiger partial charge in [0.15, 0.2) is 11.5 Å². The van der Waals surface area contributed by atoms with Crippen LogP contribution >= 0.6 is 0 Å². The van der Waals surface area contributed by atoms with E-state index in [1.165, 1.54) is 21.3 Å². The van der Waals surface area contributed by atoms with Gasteiger partial charge in [0.1, 0.15) is 0 Å². The van der Waals surface area contributed by atoms with Crippen molar-refractivity contribution < 1.29 is 19.0 Å². The van der Waals surface area contributed by atoms with Gasteiger partial charge in [-0.1, -0.05) is 0 Å². The molecule has 0 fully saturated rings. The molecule has 0 unspecified atom stereocenters. The van der Waals surface area contributed by atoms with Gasteiger partial charge in [-0.25, -0.2) is 4.79 Å². The van der Waals surface area contributed by atoms with Crippen molar-refractivity contribution in [2.24, 2.45) is 0 Å². The van der Waals surface area contributed by atoms with Crippen LogP contribution in [0.2, 0.25) is 0 Å². The Hall–Kier alpha value is -3.42. The smallest absolute Gasteiger partial charge is 0.323 e. The highest BCUT2D eigenvalue weighted by molar-refractivity contribution is 6.01. The molecule has 1 heterocycles. The summed E-state index contributed by atoms with van der Waals surface area (Å²) in [5, 5.41) is 13.3. The fourth-order valence-electron chi connectivity index (χ4n) is 2.46. The largest absolute Gasteiger partial charge is 0.493 e. The van der Waals surface area contributed by atoms with E-state index >= 15 is 0 Å². The Morgan fingerprint density at radius 2 is 1.64 bits per heavy atom. The number of aromatic nitrogens is 2. The molecule has 0 atom stereocenters. The third-order valence-corrected chi connectivity index (χ3v) is 3.62. The summed E-state index contributed by atoms with van der Waals surface area (Å²) in [7, 11) is 4.55. The van der Waals surface area contributed by atoms with E-state index in [2.05, 4.69) is 20.8 Å². The van der Waals surface area contributed by atoms with Gasteiger partial charge in [-0.2, -0.15) is 5.10 Å². The lowest BCUT2D eigenvalue weighted by Crippen LogP contribution is -2.19. The Bertz CT molecular complexity index is 882. The zero-order chi connectivity index (χ0) is 17.8. The number of amides is 2. The van der Waals surface area contributed by atoms with Crippen LogP contribution in [-0.4, -0.2) is 37.6 Å². The SMILES string of the molecule is COc1cc(NC(=O)Nc2ccc3cn[nH]c3c2)cc(OC)c1OC. The van der Waals surface area contributed by atoms with Crippen molar-refractivity contribution in [3.05, 3.63) is 36.5 Å². The second kappa shape index (κ2) is 7.00. The summed E-state index contributed by atoms with van der Waals surface area (Å²) in [5.41, 5.74) is 1.99. The van der Waals surface area contributed by atoms with Gasteiger partial charge in [0.2, 0.25) is 5.75 Å². The third-order valence-electron chi connectivity index (χ3n) is 3.62. The minimum Gasteiger partial charge on any atom is -0.493 e. The molecule has 3 N–H and O–H groups in total. The van der Waals surface area contributed by atoms with E-state index in [9.17, 15) is 4.79 Å². The summed E-state index contributed by atoms with van der Waals surface area (Å²) >= 11 is 0. The maximum absolute atomic E-state index is 12.2. The lowest BCUT2D eigenvalue weighted by molar-refractivity contribution is 0.262. The van der Waals surface area contributed by atoms with Crippen molar-refractivity contribution >= 4 is 28.3 Å². The first kappa shape index (κ1) is 16.4. The van der Waals surface area contributed by atoms with Crippen molar-refractivity contribution in [1.82, 2.24) is 10.2 Å². The number of ether oxygens (including phenoxy) is 3. The first-order chi connectivity index (χ1) is 12.1. The van der Waals surface area contributed by atoms with Gasteiger partial charge >= 0.3 is 6.03 Å². The normalized spacial score (nSPS) is 10.4. The third kappa shape index (κ3) is 3.42. The van der Waals surface area contributed by atoms with Crippen LogP contribution in [0.1, 0.15) is 0 Å². The summed E-state index contributed by atoms with van der Waals surface area (Å²) in [5.74, 6) is 1.37. The average Bonchev–Trinajstić information content (AvgIpc) is 3.08. The van der Waals surface area contributed by atoms with Crippen LogP contribution in [0.3, 0.4) is 0 Å². The van der Waals surface area contributed by atoms with Crippen LogP contribution in [0, 0.1) is 0 Å². The summed E-state index contributed by atoms with van der Waals surface area (Å²) in [6.45, 7) is 0. The van der Waals surface area contributed by atoms with Crippen LogP contribution < -0.4 is 24.8 Å². The van der Waals surface area contributed by atoms with Crippen LogP contribution in [-0.2, 0) is 0 Å². The number of anilines is 2. The molecule has 130 valence electrons. The monoisotopic (exact) mass is 342 g/mol. The molecular formula is C17H18N4O4. The van der Waals surface area contributed by atoms with Crippen LogP contribution in [0.5, 0.6) is 17.2 Å². The number of rotatable bonds is 5. The summed E-state index contributed by atoms with van der Waals surface area (Å²) in [4.78, 5) is 12.2. The lowest BCUT2D eigenvalue weighted by atomic mass is 10.2. The number of carbonyl (C=O) groups is 1. The number of nitrogens with one attached hydrogen (secondary N) is 3. The van der Waals surface area contributed by atoms with E-state index in [4.69, 9.17) is 14.2 Å². The quantitative estimate of drug-likeness (QED) is 0.661. The number of carbonyl (C=O) groups excluding carboxylic acids is 1. The highest BCUT2D eigenvalue weighted by atomic mass is 16.5. The number of H-pyrrole nitrogens is 1. The number of hydrogen-bond acceptors (Lipinski definition) is 5. The van der Waals surface area contributed by atoms with Crippen LogP contribution in [0.25, 0.3) is 10.9 Å². The minimum absolute atomic E-state index is 0.395. The van der Waals surface area contributed by atoms with E-state index in [-0.39, 0.29) is 0 Å². The molecule has 25 heavy (non-hydrogen) atoms. The van der Waals surface area contributed by atoms with Crippen molar-refractivity contribution in [2.45, 2.75) is 0 Å². The first-order valence-corrected chi connectivity index (χ1v) is 7.45. The zero-order valence-corrected chi connectivity index (χ0v) is 14.0. The molecule has 3 rings (SSSR count). The topological polar surface area (TPSA) is 97.5 Å². The molecule has 1 aromatic heterocycles. The van der Waals surface area contributed by atoms with Gasteiger partial charge in [0.25, 0.3) is 0 Å². The Labute approximate surface area is 144 Å². The van der Waals surface area contributed by atoms with Gasteiger partial charge in [0, 0.05) is 23.2 Å². The Morgan fingerprint density at radius 3 is 2.28 bits per heavy atom. The van der Waals surface area contributed by atoms with E-state index < -0.39 is 6.03 Å². The van der Waals surface area contributed by atoms with Crippen molar-refractivity contribution in [3.63, 3.8) is 0 Å². The van der Waals surface area contributed by atoms with Crippen molar-refractivity contribution in [2.75, 3.05) is 32.0 Å². The summed E-state index contributed by atoms with van der Waals surface area (Å²) in [6, 6.07) is 8.38. The van der Waals surface area contributed by atoms with E-state index in [0.717, 1.165) is 10.9 Å². The molecule has 0 aliphatic carbocycles. The second-order valence-corrected chi connectivity index (χ2v) is 5.17. The minimum atomic E-state index is -0.395. The van der Waals surface area contributed by atoms with Gasteiger partial charge in [0.05, 0.1) is 38.7 Å². The van der Waals surface area contributed by atoms with Gasteiger partial charge in [-0.3, -0.25) is 5.10 Å². The molecule has 2 amide bonds. The second-order valence-electron chi connectivity index (χ2n) is 5.17. The van der Waals surface area contributed by atoms with Crippen LogP contribution in [0.15, 0.2) is 36.5 Å². The van der Waals surface area contributed by atoms with E-state index in [1.54, 1.807) is 30.5 Å². The number of fused-ring (bicyclic) bond motifs is 1. The highest BCUT2D eigenvalue weighted by Gasteiger charge is 2.14. The molecule has 0 radical (unpaired) electrons. The van der Waals surface area contributed by atoms with E-state index in [0.29, 0.717) is 28.6 Å². The molecule has 0 bridgehead atoms. The number of methoxy groups -OCH3 is 3. The molecular weight excluding hydrogens is 324 g/mol. The number of nitrogens with zero attached hydrogens (tertiary/aromatic N) is 1. The van der Waals surface area contributed by atoms with Crippen molar-refractivity contribution in [3.8, 4) is 17.2 Å². The average molecular weight is 342 g/mol. The molecule has 2 aromatic carbocycles. The molecule has 8 nitrogen and oxygen atoms in total. The number of aromatic amines is 1. The standard InChI is InChI=1S/C17H18N4O4/c1-23-14-7-12(8-15(24-2)16(14)25-3)20-17(22)19-11-5-4-10-9-18-21-13(10)6-11/h4-9H,1-3H3,(H,18,21)(H2,19,20,22). The van der Waals surface area contributed by atoms with Gasteiger partial charge in [-0.05, 0) is 18.2 Å². The Balaban J connectivity index is 1.77. The summed E-state index contributed by atoms with van der Waals surface area (Å²) < 4.78 is 15.8. The zero-order valence-electron chi connectivity index (χ0n) is 14.0. The van der Waals surface area contributed by atoms with Gasteiger partial charge in [-0.15, -0.1) is 0 Å². The Kier molecular flexibility index (Phi) is 4.60. The maximum Gasteiger partial charge on any atom is 0.323 e. The highest BCUT2D eigenvalue weighted by Crippen LogP contribution is 2.39. The molecule has 3 aromatic rings. The first-order valence-electron chi connectivity index (χ1n) is 7.45. The van der Waals surface area contributed by atoms with Crippen molar-refractivity contribution in [1.29, 1.82) is 0 Å². The predicted molar refractivity (Wildman–Crippen MR) is 94.8 cm³/mol. The maximum atomic E-state index is 12.2. The van der Waals surface area contributed by atoms with Gasteiger partial charge < -0.3 is 24.8 Å². The fourth-order valence-corrected chi connectivity index (χ4v) is 2.46. The molecule has 0 saturated heterocycles. The van der Waals surface area contributed by atoms with E-state index in [1.807, 2.05) is 6.07 Å². The number of urea groups is 1. The lowest BCUT2D eigenvalue weighted by Gasteiger charge is -2.15. The Morgan fingerprint density at radius 1 is 0.960 bits per heavy atom. The summed E-state index contributed by atoms with van der Waals surface area (Å²) in [6.07, 6.45) is 1.72.